The summed E-state index contributed by atoms with van der Waals surface area (Å²) in [7, 11) is 0. The summed E-state index contributed by atoms with van der Waals surface area (Å²) in [5.41, 5.74) is 0. The molecule has 3 atom stereocenters. The third-order valence-corrected chi connectivity index (χ3v) is 5.14. The summed E-state index contributed by atoms with van der Waals surface area (Å²) in [4.78, 5) is 2.72. The number of fused-ring (bicyclic) bond motifs is 1. The van der Waals surface area contributed by atoms with Crippen molar-refractivity contribution in [1.29, 1.82) is 0 Å². The van der Waals surface area contributed by atoms with Crippen LogP contribution in [-0.4, -0.2) is 50.0 Å². The fourth-order valence-corrected chi connectivity index (χ4v) is 4.06. The summed E-state index contributed by atoms with van der Waals surface area (Å²) >= 11 is 0. The van der Waals surface area contributed by atoms with E-state index in [0.717, 1.165) is 31.8 Å². The van der Waals surface area contributed by atoms with Crippen molar-refractivity contribution in [2.75, 3.05) is 32.9 Å². The molecule has 3 heterocycles. The van der Waals surface area contributed by atoms with Gasteiger partial charge in [-0.25, -0.2) is 0 Å². The molecule has 0 aromatic carbocycles. The molecule has 19 heavy (non-hydrogen) atoms. The number of nitrogens with zero attached hydrogens (tertiary/aromatic N) is 1. The van der Waals surface area contributed by atoms with E-state index in [-0.39, 0.29) is 0 Å². The van der Waals surface area contributed by atoms with Gasteiger partial charge in [0.15, 0.2) is 0 Å². The highest BCUT2D eigenvalue weighted by molar-refractivity contribution is 4.87. The third kappa shape index (κ3) is 3.71. The van der Waals surface area contributed by atoms with Gasteiger partial charge >= 0.3 is 0 Å². The van der Waals surface area contributed by atoms with Gasteiger partial charge in [-0.1, -0.05) is 6.42 Å². The molecule has 0 radical (unpaired) electrons. The molecule has 3 nitrogen and oxygen atoms in total. The van der Waals surface area contributed by atoms with Crippen LogP contribution >= 0.6 is 0 Å². The van der Waals surface area contributed by atoms with Crippen LogP contribution in [0.5, 0.6) is 0 Å². The molecule has 0 aliphatic carbocycles. The maximum absolute atomic E-state index is 6.01. The molecule has 0 N–H and O–H groups in total. The van der Waals surface area contributed by atoms with Gasteiger partial charge in [0.05, 0.1) is 19.3 Å². The van der Waals surface area contributed by atoms with Gasteiger partial charge in [-0.3, -0.25) is 0 Å². The van der Waals surface area contributed by atoms with Crippen molar-refractivity contribution >= 4 is 0 Å². The van der Waals surface area contributed by atoms with Crippen molar-refractivity contribution in [3.05, 3.63) is 0 Å². The van der Waals surface area contributed by atoms with E-state index >= 15 is 0 Å². The summed E-state index contributed by atoms with van der Waals surface area (Å²) in [5.74, 6) is 0.776. The quantitative estimate of drug-likeness (QED) is 0.782. The van der Waals surface area contributed by atoms with E-state index in [2.05, 4.69) is 4.90 Å². The van der Waals surface area contributed by atoms with Crippen LogP contribution in [0.15, 0.2) is 0 Å². The number of rotatable bonds is 4. The first-order chi connectivity index (χ1) is 9.43. The molecule has 3 saturated heterocycles. The lowest BCUT2D eigenvalue weighted by Crippen LogP contribution is -2.49. The maximum Gasteiger partial charge on any atom is 0.0808 e. The van der Waals surface area contributed by atoms with Gasteiger partial charge in [0.25, 0.3) is 0 Å². The Kier molecular flexibility index (Phi) is 5.14. The second kappa shape index (κ2) is 7.05. The standard InChI is InChI=1S/C16H29NO2/c1-3-9-17-10-5-6-14(16(17)8-1)12-18-13-15-7-2-4-11-19-15/h14-16H,1-13H2. The molecule has 3 rings (SSSR count). The number of hydrogen-bond donors (Lipinski definition) is 0. The Morgan fingerprint density at radius 1 is 0.895 bits per heavy atom. The van der Waals surface area contributed by atoms with E-state index in [1.54, 1.807) is 0 Å². The molecule has 3 fully saturated rings. The highest BCUT2D eigenvalue weighted by Crippen LogP contribution is 2.31. The van der Waals surface area contributed by atoms with Crippen LogP contribution < -0.4 is 0 Å². The molecule has 0 spiro atoms. The Bertz CT molecular complexity index is 263. The van der Waals surface area contributed by atoms with E-state index in [1.165, 1.54) is 64.5 Å². The van der Waals surface area contributed by atoms with Crippen molar-refractivity contribution in [3.63, 3.8) is 0 Å². The van der Waals surface area contributed by atoms with Crippen LogP contribution in [0.2, 0.25) is 0 Å². The first kappa shape index (κ1) is 13.8. The Labute approximate surface area is 117 Å². The fourth-order valence-electron chi connectivity index (χ4n) is 4.06. The van der Waals surface area contributed by atoms with Crippen molar-refractivity contribution in [2.24, 2.45) is 5.92 Å². The monoisotopic (exact) mass is 267 g/mol. The largest absolute Gasteiger partial charge is 0.378 e. The van der Waals surface area contributed by atoms with Gasteiger partial charge in [0.1, 0.15) is 0 Å². The average molecular weight is 267 g/mol. The van der Waals surface area contributed by atoms with E-state index in [9.17, 15) is 0 Å². The molecule has 3 heteroatoms. The molecular formula is C16H29NO2. The van der Waals surface area contributed by atoms with E-state index in [4.69, 9.17) is 9.47 Å². The lowest BCUT2D eigenvalue weighted by atomic mass is 9.84. The Morgan fingerprint density at radius 3 is 2.68 bits per heavy atom. The van der Waals surface area contributed by atoms with Gasteiger partial charge < -0.3 is 14.4 Å². The topological polar surface area (TPSA) is 21.7 Å². The Morgan fingerprint density at radius 2 is 1.79 bits per heavy atom. The molecule has 0 aromatic rings. The van der Waals surface area contributed by atoms with Gasteiger partial charge in [-0.05, 0) is 64.0 Å². The predicted octanol–water partition coefficient (Wildman–Crippen LogP) is 2.84. The lowest BCUT2D eigenvalue weighted by molar-refractivity contribution is -0.0607. The molecule has 3 unspecified atom stereocenters. The predicted molar refractivity (Wildman–Crippen MR) is 76.3 cm³/mol. The molecule has 3 aliphatic heterocycles. The highest BCUT2D eigenvalue weighted by Gasteiger charge is 2.33. The van der Waals surface area contributed by atoms with Gasteiger partial charge in [-0.2, -0.15) is 0 Å². The molecule has 110 valence electrons. The zero-order valence-corrected chi connectivity index (χ0v) is 12.2. The zero-order valence-electron chi connectivity index (χ0n) is 12.2. The van der Waals surface area contributed by atoms with E-state index in [0.29, 0.717) is 6.10 Å². The smallest absolute Gasteiger partial charge is 0.0808 e. The van der Waals surface area contributed by atoms with Crippen molar-refractivity contribution in [2.45, 2.75) is 63.5 Å². The summed E-state index contributed by atoms with van der Waals surface area (Å²) in [6, 6.07) is 0.815. The van der Waals surface area contributed by atoms with Crippen molar-refractivity contribution in [1.82, 2.24) is 4.90 Å². The minimum Gasteiger partial charge on any atom is -0.378 e. The lowest BCUT2D eigenvalue weighted by Gasteiger charge is -2.44. The molecule has 0 saturated carbocycles. The minimum atomic E-state index is 0.375. The molecule has 0 aromatic heterocycles. The van der Waals surface area contributed by atoms with Crippen LogP contribution in [0.3, 0.4) is 0 Å². The molecule has 0 bridgehead atoms. The van der Waals surface area contributed by atoms with E-state index in [1.807, 2.05) is 0 Å². The summed E-state index contributed by atoms with van der Waals surface area (Å²) in [6.07, 6.45) is 11.1. The second-order valence-corrected chi connectivity index (χ2v) is 6.53. The fraction of sp³-hybridized carbons (Fsp3) is 1.00. The second-order valence-electron chi connectivity index (χ2n) is 6.53. The van der Waals surface area contributed by atoms with Gasteiger partial charge in [0.2, 0.25) is 0 Å². The van der Waals surface area contributed by atoms with E-state index < -0.39 is 0 Å². The number of piperidine rings is 2. The van der Waals surface area contributed by atoms with Crippen LogP contribution in [0.25, 0.3) is 0 Å². The number of ether oxygens (including phenoxy) is 2. The molecule has 0 amide bonds. The SMILES string of the molecule is C1CCC(COCC2CCCN3CCCCC23)OC1. The minimum absolute atomic E-state index is 0.375. The summed E-state index contributed by atoms with van der Waals surface area (Å²) < 4.78 is 11.7. The zero-order chi connectivity index (χ0) is 12.9. The van der Waals surface area contributed by atoms with Gasteiger partial charge in [-0.15, -0.1) is 0 Å². The first-order valence-corrected chi connectivity index (χ1v) is 8.37. The third-order valence-electron chi connectivity index (χ3n) is 5.14. The first-order valence-electron chi connectivity index (χ1n) is 8.37. The Balaban J connectivity index is 1.40. The summed E-state index contributed by atoms with van der Waals surface area (Å²) in [6.45, 7) is 5.37. The highest BCUT2D eigenvalue weighted by atomic mass is 16.5. The van der Waals surface area contributed by atoms with Crippen molar-refractivity contribution in [3.8, 4) is 0 Å². The van der Waals surface area contributed by atoms with Gasteiger partial charge in [0, 0.05) is 12.6 Å². The summed E-state index contributed by atoms with van der Waals surface area (Å²) in [5, 5.41) is 0. The van der Waals surface area contributed by atoms with Crippen LogP contribution in [-0.2, 0) is 9.47 Å². The average Bonchev–Trinajstić information content (AvgIpc) is 2.49. The van der Waals surface area contributed by atoms with Crippen LogP contribution in [0, 0.1) is 5.92 Å². The van der Waals surface area contributed by atoms with Crippen molar-refractivity contribution < 1.29 is 9.47 Å². The maximum atomic E-state index is 6.01. The Hall–Kier alpha value is -0.120. The normalized spacial score (nSPS) is 36.9. The number of hydrogen-bond acceptors (Lipinski definition) is 3. The van der Waals surface area contributed by atoms with Crippen LogP contribution in [0.4, 0.5) is 0 Å². The molecular weight excluding hydrogens is 238 g/mol. The van der Waals surface area contributed by atoms with Crippen LogP contribution in [0.1, 0.15) is 51.4 Å². The molecule has 3 aliphatic rings.